The minimum absolute atomic E-state index is 0.0865. The Hall–Kier alpha value is -2.69. The first-order chi connectivity index (χ1) is 11.2. The Kier molecular flexibility index (Phi) is 5.86. The second-order valence-electron chi connectivity index (χ2n) is 5.03. The summed E-state index contributed by atoms with van der Waals surface area (Å²) in [5, 5.41) is 6.13. The van der Waals surface area contributed by atoms with E-state index in [0.717, 1.165) is 11.4 Å². The monoisotopic (exact) mass is 314 g/mol. The number of anilines is 2. The molecule has 2 rings (SSSR count). The van der Waals surface area contributed by atoms with Crippen molar-refractivity contribution in [1.29, 1.82) is 0 Å². The van der Waals surface area contributed by atoms with Gasteiger partial charge in [-0.2, -0.15) is 0 Å². The van der Waals surface area contributed by atoms with Crippen molar-refractivity contribution in [3.05, 3.63) is 48.5 Å². The van der Waals surface area contributed by atoms with Gasteiger partial charge in [-0.1, -0.05) is 25.1 Å². The Morgan fingerprint density at radius 1 is 1.09 bits per heavy atom. The number of carbonyl (C=O) groups is 1. The summed E-state index contributed by atoms with van der Waals surface area (Å²) in [7, 11) is 3.19. The number of benzene rings is 2. The molecule has 5 heteroatoms. The number of hydrogen-bond acceptors (Lipinski definition) is 4. The molecule has 2 N–H and O–H groups in total. The van der Waals surface area contributed by atoms with Gasteiger partial charge >= 0.3 is 0 Å². The zero-order chi connectivity index (χ0) is 16.7. The number of hydrogen-bond donors (Lipinski definition) is 2. The number of methoxy groups -OCH3 is 2. The number of rotatable bonds is 7. The van der Waals surface area contributed by atoms with E-state index in [0.29, 0.717) is 17.9 Å². The van der Waals surface area contributed by atoms with E-state index in [1.807, 2.05) is 49.4 Å². The van der Waals surface area contributed by atoms with Gasteiger partial charge in [-0.05, 0) is 30.7 Å². The highest BCUT2D eigenvalue weighted by Crippen LogP contribution is 2.29. The lowest BCUT2D eigenvalue weighted by molar-refractivity contribution is -0.116. The third kappa shape index (κ3) is 4.39. The highest BCUT2D eigenvalue weighted by atomic mass is 16.5. The van der Waals surface area contributed by atoms with Crippen molar-refractivity contribution in [3.8, 4) is 11.5 Å². The summed E-state index contributed by atoms with van der Waals surface area (Å²) >= 11 is 0. The number of carbonyl (C=O) groups excluding carboxylic acids is 1. The molecular formula is C18H22N2O3. The molecule has 0 saturated carbocycles. The summed E-state index contributed by atoms with van der Waals surface area (Å²) in [6.07, 6.45) is 0.647. The molecule has 2 aromatic rings. The van der Waals surface area contributed by atoms with Gasteiger partial charge in [0.05, 0.1) is 19.9 Å². The maximum Gasteiger partial charge on any atom is 0.246 e. The van der Waals surface area contributed by atoms with E-state index in [2.05, 4.69) is 10.6 Å². The van der Waals surface area contributed by atoms with Crippen LogP contribution in [0.15, 0.2) is 48.5 Å². The summed E-state index contributed by atoms with van der Waals surface area (Å²) < 4.78 is 10.5. The van der Waals surface area contributed by atoms with Crippen LogP contribution in [0.25, 0.3) is 0 Å². The molecule has 0 saturated heterocycles. The molecule has 0 spiro atoms. The molecular weight excluding hydrogens is 292 g/mol. The SMILES string of the molecule is CC[C@H](Nc1ccc(OC)cc1OC)C(=O)Nc1ccccc1. The summed E-state index contributed by atoms with van der Waals surface area (Å²) in [5.41, 5.74) is 1.53. The zero-order valence-corrected chi connectivity index (χ0v) is 13.6. The standard InChI is InChI=1S/C18H22N2O3/c1-4-15(18(21)19-13-8-6-5-7-9-13)20-16-11-10-14(22-2)12-17(16)23-3/h5-12,15,20H,4H2,1-3H3,(H,19,21)/t15-/m0/s1. The molecule has 0 fully saturated rings. The quantitative estimate of drug-likeness (QED) is 0.821. The topological polar surface area (TPSA) is 59.6 Å². The van der Waals surface area contributed by atoms with Crippen LogP contribution < -0.4 is 20.1 Å². The maximum atomic E-state index is 12.4. The Bertz CT molecular complexity index is 644. The van der Waals surface area contributed by atoms with E-state index >= 15 is 0 Å². The molecule has 1 amide bonds. The number of para-hydroxylation sites is 1. The van der Waals surface area contributed by atoms with Gasteiger partial charge in [0.15, 0.2) is 0 Å². The minimum Gasteiger partial charge on any atom is -0.497 e. The summed E-state index contributed by atoms with van der Waals surface area (Å²) in [6.45, 7) is 1.96. The summed E-state index contributed by atoms with van der Waals surface area (Å²) in [6, 6.07) is 14.5. The van der Waals surface area contributed by atoms with E-state index in [9.17, 15) is 4.79 Å². The largest absolute Gasteiger partial charge is 0.497 e. The first-order valence-electron chi connectivity index (χ1n) is 7.52. The van der Waals surface area contributed by atoms with Gasteiger partial charge in [0.2, 0.25) is 5.91 Å². The number of nitrogens with one attached hydrogen (secondary N) is 2. The molecule has 0 aliphatic rings. The minimum atomic E-state index is -0.363. The van der Waals surface area contributed by atoms with E-state index in [1.165, 1.54) is 0 Å². The van der Waals surface area contributed by atoms with Crippen molar-refractivity contribution in [2.24, 2.45) is 0 Å². The third-order valence-corrected chi connectivity index (χ3v) is 3.50. The average Bonchev–Trinajstić information content (AvgIpc) is 2.60. The van der Waals surface area contributed by atoms with Gasteiger partial charge in [0, 0.05) is 11.8 Å². The molecule has 122 valence electrons. The van der Waals surface area contributed by atoms with Crippen molar-refractivity contribution in [2.75, 3.05) is 24.9 Å². The highest BCUT2D eigenvalue weighted by molar-refractivity contribution is 5.96. The van der Waals surface area contributed by atoms with Gasteiger partial charge in [0.1, 0.15) is 17.5 Å². The van der Waals surface area contributed by atoms with E-state index in [1.54, 1.807) is 20.3 Å². The van der Waals surface area contributed by atoms with Crippen molar-refractivity contribution in [2.45, 2.75) is 19.4 Å². The molecule has 1 atom stereocenters. The lowest BCUT2D eigenvalue weighted by Gasteiger charge is -2.20. The second-order valence-corrected chi connectivity index (χ2v) is 5.03. The Balaban J connectivity index is 2.11. The van der Waals surface area contributed by atoms with Gasteiger partial charge in [-0.3, -0.25) is 4.79 Å². The summed E-state index contributed by atoms with van der Waals surface area (Å²) in [5.74, 6) is 1.25. The number of amides is 1. The molecule has 0 unspecified atom stereocenters. The zero-order valence-electron chi connectivity index (χ0n) is 13.6. The van der Waals surface area contributed by atoms with Crippen LogP contribution in [0.5, 0.6) is 11.5 Å². The van der Waals surface area contributed by atoms with Crippen molar-refractivity contribution < 1.29 is 14.3 Å². The molecule has 0 bridgehead atoms. The van der Waals surface area contributed by atoms with Crippen molar-refractivity contribution in [3.63, 3.8) is 0 Å². The maximum absolute atomic E-state index is 12.4. The molecule has 0 aromatic heterocycles. The van der Waals surface area contributed by atoms with Crippen LogP contribution in [-0.4, -0.2) is 26.2 Å². The molecule has 0 radical (unpaired) electrons. The average molecular weight is 314 g/mol. The van der Waals surface area contributed by atoms with Crippen molar-refractivity contribution in [1.82, 2.24) is 0 Å². The first kappa shape index (κ1) is 16.7. The van der Waals surface area contributed by atoms with Gasteiger partial charge < -0.3 is 20.1 Å². The van der Waals surface area contributed by atoms with E-state index in [4.69, 9.17) is 9.47 Å². The molecule has 0 aliphatic heterocycles. The van der Waals surface area contributed by atoms with E-state index in [-0.39, 0.29) is 11.9 Å². The number of ether oxygens (including phenoxy) is 2. The van der Waals surface area contributed by atoms with Crippen LogP contribution in [0.3, 0.4) is 0 Å². The van der Waals surface area contributed by atoms with Crippen LogP contribution in [0.4, 0.5) is 11.4 Å². The highest BCUT2D eigenvalue weighted by Gasteiger charge is 2.18. The van der Waals surface area contributed by atoms with Gasteiger partial charge in [-0.25, -0.2) is 0 Å². The Morgan fingerprint density at radius 2 is 1.83 bits per heavy atom. The molecule has 23 heavy (non-hydrogen) atoms. The predicted molar refractivity (Wildman–Crippen MR) is 92.3 cm³/mol. The van der Waals surface area contributed by atoms with Crippen molar-refractivity contribution >= 4 is 17.3 Å². The van der Waals surface area contributed by atoms with Crippen LogP contribution >= 0.6 is 0 Å². The Labute approximate surface area is 136 Å². The first-order valence-corrected chi connectivity index (χ1v) is 7.52. The Morgan fingerprint density at radius 3 is 2.43 bits per heavy atom. The fraction of sp³-hybridized carbons (Fsp3) is 0.278. The van der Waals surface area contributed by atoms with Gasteiger partial charge in [0.25, 0.3) is 0 Å². The van der Waals surface area contributed by atoms with E-state index < -0.39 is 0 Å². The fourth-order valence-electron chi connectivity index (χ4n) is 2.21. The van der Waals surface area contributed by atoms with Crippen LogP contribution in [0.1, 0.15) is 13.3 Å². The van der Waals surface area contributed by atoms with Crippen LogP contribution in [-0.2, 0) is 4.79 Å². The van der Waals surface area contributed by atoms with Crippen LogP contribution in [0, 0.1) is 0 Å². The normalized spacial score (nSPS) is 11.4. The fourth-order valence-corrected chi connectivity index (χ4v) is 2.21. The molecule has 5 nitrogen and oxygen atoms in total. The predicted octanol–water partition coefficient (Wildman–Crippen LogP) is 3.53. The molecule has 2 aromatic carbocycles. The molecule has 0 heterocycles. The smallest absolute Gasteiger partial charge is 0.246 e. The lowest BCUT2D eigenvalue weighted by atomic mass is 10.1. The van der Waals surface area contributed by atoms with Crippen LogP contribution in [0.2, 0.25) is 0 Å². The lowest BCUT2D eigenvalue weighted by Crippen LogP contribution is -2.34. The summed E-state index contributed by atoms with van der Waals surface area (Å²) in [4.78, 5) is 12.4. The molecule has 0 aliphatic carbocycles. The second kappa shape index (κ2) is 8.08. The third-order valence-electron chi connectivity index (χ3n) is 3.50. The van der Waals surface area contributed by atoms with Gasteiger partial charge in [-0.15, -0.1) is 0 Å².